The molecule has 5 aromatic carbocycles. The van der Waals surface area contributed by atoms with Crippen LogP contribution in [0.3, 0.4) is 0 Å². The number of rotatable bonds is 3. The Bertz CT molecular complexity index is 2090. The van der Waals surface area contributed by atoms with Crippen LogP contribution in [0, 0.1) is 0 Å². The van der Waals surface area contributed by atoms with Crippen molar-refractivity contribution in [1.29, 1.82) is 0 Å². The van der Waals surface area contributed by atoms with E-state index in [9.17, 15) is 0 Å². The number of hydrogen-bond donors (Lipinski definition) is 0. The zero-order chi connectivity index (χ0) is 25.1. The van der Waals surface area contributed by atoms with Crippen LogP contribution < -0.4 is 0 Å². The van der Waals surface area contributed by atoms with Crippen molar-refractivity contribution in [1.82, 2.24) is 9.55 Å². The van der Waals surface area contributed by atoms with Crippen molar-refractivity contribution in [2.24, 2.45) is 0 Å². The molecule has 38 heavy (non-hydrogen) atoms. The van der Waals surface area contributed by atoms with Gasteiger partial charge in [-0.1, -0.05) is 78.9 Å². The summed E-state index contributed by atoms with van der Waals surface area (Å²) in [5.41, 5.74) is 9.54. The molecule has 0 unspecified atom stereocenters. The van der Waals surface area contributed by atoms with E-state index < -0.39 is 0 Å². The van der Waals surface area contributed by atoms with Crippen molar-refractivity contribution in [3.8, 4) is 27.9 Å². The number of aromatic nitrogens is 2. The van der Waals surface area contributed by atoms with Crippen LogP contribution in [0.15, 0.2) is 134 Å². The third-order valence-corrected chi connectivity index (χ3v) is 8.55. The molecule has 0 aliphatic rings. The first kappa shape index (κ1) is 21.4. The fourth-order valence-corrected chi connectivity index (χ4v) is 6.86. The van der Waals surface area contributed by atoms with Gasteiger partial charge in [0, 0.05) is 32.7 Å². The Hall–Kier alpha value is -4.73. The lowest BCUT2D eigenvalue weighted by Gasteiger charge is -2.12. The summed E-state index contributed by atoms with van der Waals surface area (Å²) >= 11 is 1.81. The van der Waals surface area contributed by atoms with E-state index in [1.54, 1.807) is 0 Å². The molecule has 0 amide bonds. The second-order valence-electron chi connectivity index (χ2n) is 9.63. The van der Waals surface area contributed by atoms with E-state index in [2.05, 4.69) is 126 Å². The molecule has 3 heterocycles. The molecule has 3 aromatic heterocycles. The van der Waals surface area contributed by atoms with Gasteiger partial charge in [-0.05, 0) is 70.8 Å². The van der Waals surface area contributed by atoms with Crippen LogP contribution in [0.5, 0.6) is 0 Å². The highest BCUT2D eigenvalue weighted by molar-refractivity contribution is 7.25. The fraction of sp³-hybridized carbons (Fsp3) is 0. The summed E-state index contributed by atoms with van der Waals surface area (Å²) < 4.78 is 4.88. The monoisotopic (exact) mass is 502 g/mol. The maximum atomic E-state index is 4.73. The molecule has 8 aromatic rings. The van der Waals surface area contributed by atoms with Crippen LogP contribution in [0.1, 0.15) is 0 Å². The summed E-state index contributed by atoms with van der Waals surface area (Å²) in [4.78, 5) is 4.73. The highest BCUT2D eigenvalue weighted by atomic mass is 32.1. The third kappa shape index (κ3) is 3.22. The number of fused-ring (bicyclic) bond motifs is 6. The Balaban J connectivity index is 1.30. The molecule has 0 atom stereocenters. The standard InChI is InChI=1S/C35H22N2S/c1-3-16-30-28(13-1)29-14-2-4-17-31(29)37(30)26-12-6-10-24(22-26)23-9-5-11-25(21-23)27-15-7-18-32-34(27)35-33(38-32)19-8-20-36-35/h1-22H. The highest BCUT2D eigenvalue weighted by Gasteiger charge is 2.14. The van der Waals surface area contributed by atoms with Crippen molar-refractivity contribution >= 4 is 53.4 Å². The minimum atomic E-state index is 1.09. The van der Waals surface area contributed by atoms with E-state index in [1.165, 1.54) is 64.5 Å². The molecule has 8 rings (SSSR count). The van der Waals surface area contributed by atoms with Crippen molar-refractivity contribution < 1.29 is 0 Å². The van der Waals surface area contributed by atoms with Crippen LogP contribution >= 0.6 is 11.3 Å². The number of para-hydroxylation sites is 2. The number of pyridine rings is 1. The average molecular weight is 503 g/mol. The average Bonchev–Trinajstić information content (AvgIpc) is 3.53. The Morgan fingerprint density at radius 1 is 0.526 bits per heavy atom. The molecule has 0 aliphatic heterocycles. The summed E-state index contributed by atoms with van der Waals surface area (Å²) in [6.45, 7) is 0. The maximum Gasteiger partial charge on any atom is 0.0894 e. The Morgan fingerprint density at radius 3 is 2.00 bits per heavy atom. The van der Waals surface area contributed by atoms with E-state index in [4.69, 9.17) is 4.98 Å². The van der Waals surface area contributed by atoms with Crippen LogP contribution in [0.25, 0.3) is 70.0 Å². The maximum absolute atomic E-state index is 4.73. The molecule has 0 radical (unpaired) electrons. The summed E-state index contributed by atoms with van der Waals surface area (Å²) in [7, 11) is 0. The zero-order valence-electron chi connectivity index (χ0n) is 20.5. The molecular formula is C35H22N2S. The van der Waals surface area contributed by atoms with Crippen LogP contribution in [0.4, 0.5) is 0 Å². The lowest BCUT2D eigenvalue weighted by Crippen LogP contribution is -1.94. The molecule has 0 aliphatic carbocycles. The molecule has 0 bridgehead atoms. The first-order valence-corrected chi connectivity index (χ1v) is 13.6. The summed E-state index contributed by atoms with van der Waals surface area (Å²) in [6, 6.07) is 45.9. The minimum absolute atomic E-state index is 1.09. The van der Waals surface area contributed by atoms with Crippen LogP contribution in [0.2, 0.25) is 0 Å². The lowest BCUT2D eigenvalue weighted by atomic mass is 9.96. The van der Waals surface area contributed by atoms with Crippen molar-refractivity contribution in [3.63, 3.8) is 0 Å². The first-order valence-electron chi connectivity index (χ1n) is 12.8. The Morgan fingerprint density at radius 2 is 1.18 bits per heavy atom. The minimum Gasteiger partial charge on any atom is -0.309 e. The van der Waals surface area contributed by atoms with E-state index in [1.807, 2.05) is 23.6 Å². The third-order valence-electron chi connectivity index (χ3n) is 7.44. The molecule has 0 fully saturated rings. The predicted molar refractivity (Wildman–Crippen MR) is 162 cm³/mol. The second kappa shape index (κ2) is 8.41. The summed E-state index contributed by atoms with van der Waals surface area (Å²) in [6.07, 6.45) is 1.89. The van der Waals surface area contributed by atoms with E-state index >= 15 is 0 Å². The van der Waals surface area contributed by atoms with Crippen molar-refractivity contribution in [2.45, 2.75) is 0 Å². The number of nitrogens with zero attached hydrogens (tertiary/aromatic N) is 2. The van der Waals surface area contributed by atoms with Gasteiger partial charge in [-0.25, -0.2) is 0 Å². The quantitative estimate of drug-likeness (QED) is 0.235. The smallest absolute Gasteiger partial charge is 0.0894 e. The first-order chi connectivity index (χ1) is 18.8. The highest BCUT2D eigenvalue weighted by Crippen LogP contribution is 2.40. The van der Waals surface area contributed by atoms with Crippen LogP contribution in [-0.2, 0) is 0 Å². The van der Waals surface area contributed by atoms with Gasteiger partial charge < -0.3 is 4.57 Å². The molecule has 178 valence electrons. The van der Waals surface area contributed by atoms with Gasteiger partial charge in [0.05, 0.1) is 21.3 Å². The molecule has 2 nitrogen and oxygen atoms in total. The molecule has 0 spiro atoms. The Labute approximate surface area is 224 Å². The van der Waals surface area contributed by atoms with Crippen LogP contribution in [-0.4, -0.2) is 9.55 Å². The number of hydrogen-bond acceptors (Lipinski definition) is 2. The summed E-state index contributed by atoms with van der Waals surface area (Å²) in [5.74, 6) is 0. The predicted octanol–water partition coefficient (Wildman–Crippen LogP) is 9.88. The summed E-state index contributed by atoms with van der Waals surface area (Å²) in [5, 5.41) is 3.80. The number of thiophene rings is 1. The zero-order valence-corrected chi connectivity index (χ0v) is 21.3. The molecule has 0 saturated heterocycles. The van der Waals surface area contributed by atoms with E-state index in [0.29, 0.717) is 0 Å². The van der Waals surface area contributed by atoms with Gasteiger partial charge in [0.1, 0.15) is 0 Å². The molecule has 0 saturated carbocycles. The lowest BCUT2D eigenvalue weighted by molar-refractivity contribution is 1.18. The SMILES string of the molecule is c1cc(-c2cccc(-n3c4ccccc4c4ccccc43)c2)cc(-c2cccc3sc4cccnc4c23)c1. The molecule has 0 N–H and O–H groups in total. The van der Waals surface area contributed by atoms with Gasteiger partial charge in [-0.2, -0.15) is 0 Å². The molecular weight excluding hydrogens is 480 g/mol. The second-order valence-corrected chi connectivity index (χ2v) is 10.7. The van der Waals surface area contributed by atoms with Gasteiger partial charge in [-0.3, -0.25) is 4.98 Å². The van der Waals surface area contributed by atoms with Gasteiger partial charge in [0.15, 0.2) is 0 Å². The fourth-order valence-electron chi connectivity index (χ4n) is 5.77. The number of benzene rings is 5. The van der Waals surface area contributed by atoms with Gasteiger partial charge in [0.2, 0.25) is 0 Å². The van der Waals surface area contributed by atoms with Crippen molar-refractivity contribution in [2.75, 3.05) is 0 Å². The van der Waals surface area contributed by atoms with E-state index in [-0.39, 0.29) is 0 Å². The van der Waals surface area contributed by atoms with Gasteiger partial charge in [0.25, 0.3) is 0 Å². The van der Waals surface area contributed by atoms with E-state index in [0.717, 1.165) is 5.52 Å². The topological polar surface area (TPSA) is 17.8 Å². The molecule has 3 heteroatoms. The normalized spacial score (nSPS) is 11.7. The Kier molecular flexibility index (Phi) is 4.73. The van der Waals surface area contributed by atoms with Crippen molar-refractivity contribution in [3.05, 3.63) is 134 Å². The largest absolute Gasteiger partial charge is 0.309 e. The van der Waals surface area contributed by atoms with Gasteiger partial charge in [-0.15, -0.1) is 11.3 Å². The van der Waals surface area contributed by atoms with Gasteiger partial charge >= 0.3 is 0 Å².